The van der Waals surface area contributed by atoms with Crippen LogP contribution in [-0.2, 0) is 4.79 Å². The Morgan fingerprint density at radius 1 is 1.32 bits per heavy atom. The van der Waals surface area contributed by atoms with E-state index in [1.54, 1.807) is 18.2 Å². The van der Waals surface area contributed by atoms with Crippen molar-refractivity contribution in [2.45, 2.75) is 6.10 Å². The summed E-state index contributed by atoms with van der Waals surface area (Å²) in [6.07, 6.45) is -1.64. The SMILES string of the molecule is O=C(NC[C@H](O)C(=O)O)Nc1ccc2c(c1)OCO2. The van der Waals surface area contributed by atoms with Gasteiger partial charge in [-0.1, -0.05) is 0 Å². The average Bonchev–Trinajstić information content (AvgIpc) is 2.83. The van der Waals surface area contributed by atoms with Crippen molar-refractivity contribution >= 4 is 17.7 Å². The van der Waals surface area contributed by atoms with Crippen LogP contribution in [0.3, 0.4) is 0 Å². The van der Waals surface area contributed by atoms with Gasteiger partial charge in [0.05, 0.1) is 6.54 Å². The maximum Gasteiger partial charge on any atom is 0.334 e. The number of carboxylic acid groups (broad SMARTS) is 1. The molecule has 1 aromatic rings. The van der Waals surface area contributed by atoms with Gasteiger partial charge >= 0.3 is 12.0 Å². The zero-order chi connectivity index (χ0) is 13.8. The zero-order valence-corrected chi connectivity index (χ0v) is 9.75. The summed E-state index contributed by atoms with van der Waals surface area (Å²) in [7, 11) is 0. The normalized spacial score (nSPS) is 13.7. The lowest BCUT2D eigenvalue weighted by molar-refractivity contribution is -0.146. The predicted octanol–water partition coefficient (Wildman–Crippen LogP) is -0.0177. The Kier molecular flexibility index (Phi) is 3.71. The monoisotopic (exact) mass is 268 g/mol. The summed E-state index contributed by atoms with van der Waals surface area (Å²) in [4.78, 5) is 21.8. The van der Waals surface area contributed by atoms with Gasteiger partial charge < -0.3 is 30.3 Å². The number of anilines is 1. The summed E-state index contributed by atoms with van der Waals surface area (Å²) in [6.45, 7) is -0.249. The minimum absolute atomic E-state index is 0.135. The van der Waals surface area contributed by atoms with Crippen molar-refractivity contribution < 1.29 is 29.3 Å². The van der Waals surface area contributed by atoms with Gasteiger partial charge in [-0.2, -0.15) is 0 Å². The molecule has 0 unspecified atom stereocenters. The maximum absolute atomic E-state index is 11.4. The van der Waals surface area contributed by atoms with Crippen molar-refractivity contribution in [1.82, 2.24) is 5.32 Å². The molecule has 8 heteroatoms. The highest BCUT2D eigenvalue weighted by atomic mass is 16.7. The summed E-state index contributed by atoms with van der Waals surface area (Å²) in [6, 6.07) is 4.21. The Hall–Kier alpha value is -2.48. The highest BCUT2D eigenvalue weighted by Gasteiger charge is 2.16. The molecule has 0 fully saturated rings. The predicted molar refractivity (Wildman–Crippen MR) is 63.2 cm³/mol. The van der Waals surface area contributed by atoms with E-state index in [9.17, 15) is 9.59 Å². The third kappa shape index (κ3) is 3.26. The maximum atomic E-state index is 11.4. The molecule has 0 bridgehead atoms. The van der Waals surface area contributed by atoms with Gasteiger partial charge in [0.2, 0.25) is 6.79 Å². The first-order chi connectivity index (χ1) is 9.06. The Morgan fingerprint density at radius 3 is 2.79 bits per heavy atom. The van der Waals surface area contributed by atoms with Crippen molar-refractivity contribution in [2.24, 2.45) is 0 Å². The Labute approximate surface area is 107 Å². The fourth-order valence-electron chi connectivity index (χ4n) is 1.43. The minimum Gasteiger partial charge on any atom is -0.479 e. The van der Waals surface area contributed by atoms with Crippen LogP contribution in [0.4, 0.5) is 10.5 Å². The Morgan fingerprint density at radius 2 is 2.05 bits per heavy atom. The van der Waals surface area contributed by atoms with Gasteiger partial charge in [-0.3, -0.25) is 0 Å². The number of benzene rings is 1. The molecule has 0 saturated carbocycles. The number of ether oxygens (including phenoxy) is 2. The molecule has 0 aromatic heterocycles. The molecule has 0 spiro atoms. The number of amides is 2. The number of aliphatic carboxylic acids is 1. The van der Waals surface area contributed by atoms with Crippen LogP contribution >= 0.6 is 0 Å². The molecule has 2 amide bonds. The van der Waals surface area contributed by atoms with Gasteiger partial charge in [-0.15, -0.1) is 0 Å². The molecule has 4 N–H and O–H groups in total. The second kappa shape index (κ2) is 5.44. The van der Waals surface area contributed by atoms with E-state index in [1.807, 2.05) is 0 Å². The van der Waals surface area contributed by atoms with Gasteiger partial charge in [-0.25, -0.2) is 9.59 Å². The summed E-state index contributed by atoms with van der Waals surface area (Å²) in [5.74, 6) is -0.293. The quantitative estimate of drug-likeness (QED) is 0.609. The van der Waals surface area contributed by atoms with E-state index in [0.717, 1.165) is 0 Å². The molecule has 1 aliphatic rings. The number of aliphatic hydroxyl groups excluding tert-OH is 1. The highest BCUT2D eigenvalue weighted by Crippen LogP contribution is 2.34. The number of carbonyl (C=O) groups is 2. The first-order valence-corrected chi connectivity index (χ1v) is 5.41. The number of urea groups is 1. The first-order valence-electron chi connectivity index (χ1n) is 5.41. The zero-order valence-electron chi connectivity index (χ0n) is 9.75. The number of hydrogen-bond donors (Lipinski definition) is 4. The number of fused-ring (bicyclic) bond motifs is 1. The average molecular weight is 268 g/mol. The standard InChI is InChI=1S/C11H12N2O6/c14-7(10(15)16)4-12-11(17)13-6-1-2-8-9(3-6)19-5-18-8/h1-3,7,14H,4-5H2,(H,15,16)(H2,12,13,17)/t7-/m0/s1. The van der Waals surface area contributed by atoms with E-state index >= 15 is 0 Å². The third-order valence-electron chi connectivity index (χ3n) is 2.37. The fraction of sp³-hybridized carbons (Fsp3) is 0.273. The molecule has 0 aliphatic carbocycles. The van der Waals surface area contributed by atoms with Crippen LogP contribution in [-0.4, -0.2) is 41.7 Å². The minimum atomic E-state index is -1.64. The molecule has 1 aromatic carbocycles. The van der Waals surface area contributed by atoms with E-state index in [4.69, 9.17) is 19.7 Å². The van der Waals surface area contributed by atoms with Crippen molar-refractivity contribution in [1.29, 1.82) is 0 Å². The third-order valence-corrected chi connectivity index (χ3v) is 2.37. The largest absolute Gasteiger partial charge is 0.479 e. The number of rotatable bonds is 4. The van der Waals surface area contributed by atoms with Crippen molar-refractivity contribution in [3.8, 4) is 11.5 Å². The number of hydrogen-bond acceptors (Lipinski definition) is 5. The second-order valence-electron chi connectivity index (χ2n) is 3.76. The van der Waals surface area contributed by atoms with Gasteiger partial charge in [-0.05, 0) is 12.1 Å². The first kappa shape index (κ1) is 13.0. The molecule has 1 aliphatic heterocycles. The molecular weight excluding hydrogens is 256 g/mol. The van der Waals surface area contributed by atoms with Crippen LogP contribution in [0.1, 0.15) is 0 Å². The van der Waals surface area contributed by atoms with Crippen LogP contribution in [0, 0.1) is 0 Å². The van der Waals surface area contributed by atoms with Crippen LogP contribution in [0.5, 0.6) is 11.5 Å². The molecule has 1 atom stereocenters. The van der Waals surface area contributed by atoms with Crippen molar-refractivity contribution in [2.75, 3.05) is 18.7 Å². The molecule has 0 radical (unpaired) electrons. The van der Waals surface area contributed by atoms with E-state index < -0.39 is 18.1 Å². The summed E-state index contributed by atoms with van der Waals surface area (Å²) >= 11 is 0. The number of carboxylic acids is 1. The number of aliphatic hydroxyl groups is 1. The molecule has 8 nitrogen and oxygen atoms in total. The van der Waals surface area contributed by atoms with E-state index in [1.165, 1.54) is 0 Å². The Balaban J connectivity index is 1.87. The molecule has 0 saturated heterocycles. The smallest absolute Gasteiger partial charge is 0.334 e. The Bertz CT molecular complexity index is 504. The van der Waals surface area contributed by atoms with E-state index in [0.29, 0.717) is 17.2 Å². The van der Waals surface area contributed by atoms with Crippen LogP contribution in [0.15, 0.2) is 18.2 Å². The molecule has 1 heterocycles. The van der Waals surface area contributed by atoms with Crippen LogP contribution < -0.4 is 20.1 Å². The molecular formula is C11H12N2O6. The summed E-state index contributed by atoms with van der Waals surface area (Å²) in [5, 5.41) is 22.1. The topological polar surface area (TPSA) is 117 Å². The lowest BCUT2D eigenvalue weighted by Gasteiger charge is -2.09. The number of nitrogens with one attached hydrogen (secondary N) is 2. The van der Waals surface area contributed by atoms with E-state index in [2.05, 4.69) is 10.6 Å². The molecule has 19 heavy (non-hydrogen) atoms. The highest BCUT2D eigenvalue weighted by molar-refractivity contribution is 5.90. The van der Waals surface area contributed by atoms with Crippen LogP contribution in [0.2, 0.25) is 0 Å². The summed E-state index contributed by atoms with van der Waals surface area (Å²) in [5.41, 5.74) is 0.464. The second-order valence-corrected chi connectivity index (χ2v) is 3.76. The van der Waals surface area contributed by atoms with E-state index in [-0.39, 0.29) is 13.3 Å². The lowest BCUT2D eigenvalue weighted by Crippen LogP contribution is -2.38. The van der Waals surface area contributed by atoms with Crippen molar-refractivity contribution in [3.05, 3.63) is 18.2 Å². The fourth-order valence-corrected chi connectivity index (χ4v) is 1.43. The molecule has 102 valence electrons. The van der Waals surface area contributed by atoms with Gasteiger partial charge in [0.25, 0.3) is 0 Å². The molecule has 2 rings (SSSR count). The number of carbonyl (C=O) groups excluding carboxylic acids is 1. The van der Waals surface area contributed by atoms with Crippen LogP contribution in [0.25, 0.3) is 0 Å². The van der Waals surface area contributed by atoms with Gasteiger partial charge in [0, 0.05) is 11.8 Å². The lowest BCUT2D eigenvalue weighted by atomic mass is 10.3. The van der Waals surface area contributed by atoms with Gasteiger partial charge in [0.15, 0.2) is 17.6 Å². The summed E-state index contributed by atoms with van der Waals surface area (Å²) < 4.78 is 10.3. The van der Waals surface area contributed by atoms with Gasteiger partial charge in [0.1, 0.15) is 0 Å². The van der Waals surface area contributed by atoms with Crippen molar-refractivity contribution in [3.63, 3.8) is 0 Å².